The topological polar surface area (TPSA) is 69.6 Å². The molecule has 0 aliphatic carbocycles. The molecule has 27 heavy (non-hydrogen) atoms. The van der Waals surface area contributed by atoms with Crippen molar-refractivity contribution in [2.75, 3.05) is 31.6 Å². The van der Waals surface area contributed by atoms with Gasteiger partial charge in [0.25, 0.3) is 0 Å². The Hall–Kier alpha value is -2.21. The summed E-state index contributed by atoms with van der Waals surface area (Å²) in [5.74, 6) is -0.0188. The maximum atomic E-state index is 12.8. The molecule has 0 spiro atoms. The number of anilines is 1. The highest BCUT2D eigenvalue weighted by molar-refractivity contribution is 6.31. The summed E-state index contributed by atoms with van der Waals surface area (Å²) >= 11 is 6.07. The van der Waals surface area contributed by atoms with Gasteiger partial charge in [0, 0.05) is 22.8 Å². The fourth-order valence-corrected chi connectivity index (χ4v) is 3.45. The average molecular weight is 387 g/mol. The van der Waals surface area contributed by atoms with Gasteiger partial charge in [-0.05, 0) is 50.0 Å². The zero-order valence-electron chi connectivity index (χ0n) is 15.0. The number of nitrogens with one attached hydrogen (secondary N) is 1. The number of carbonyl (C=O) groups excluding carboxylic acids is 2. The molecule has 0 bridgehead atoms. The van der Waals surface area contributed by atoms with E-state index in [-0.39, 0.29) is 24.8 Å². The molecule has 1 saturated heterocycles. The van der Waals surface area contributed by atoms with Crippen LogP contribution in [-0.4, -0.2) is 47.9 Å². The fourth-order valence-electron chi connectivity index (χ4n) is 3.28. The molecule has 142 valence electrons. The summed E-state index contributed by atoms with van der Waals surface area (Å²) in [6.45, 7) is 2.04. The molecule has 1 heterocycles. The van der Waals surface area contributed by atoms with Crippen LogP contribution in [0.3, 0.4) is 0 Å². The van der Waals surface area contributed by atoms with Crippen molar-refractivity contribution in [1.29, 1.82) is 0 Å². The van der Waals surface area contributed by atoms with Gasteiger partial charge in [-0.2, -0.15) is 0 Å². The van der Waals surface area contributed by atoms with Gasteiger partial charge in [-0.15, -0.1) is 0 Å². The van der Waals surface area contributed by atoms with Crippen LogP contribution in [0.2, 0.25) is 5.02 Å². The van der Waals surface area contributed by atoms with Crippen LogP contribution in [0.5, 0.6) is 0 Å². The van der Waals surface area contributed by atoms with E-state index in [0.29, 0.717) is 27.8 Å². The smallest absolute Gasteiger partial charge is 0.238 e. The van der Waals surface area contributed by atoms with Crippen molar-refractivity contribution in [2.45, 2.75) is 12.8 Å². The quantitative estimate of drug-likeness (QED) is 0.748. The number of hydrogen-bond acceptors (Lipinski definition) is 4. The molecule has 0 unspecified atom stereocenters. The summed E-state index contributed by atoms with van der Waals surface area (Å²) < 4.78 is 0. The molecule has 1 aliphatic rings. The van der Waals surface area contributed by atoms with E-state index in [4.69, 9.17) is 11.6 Å². The molecular weight excluding hydrogens is 364 g/mol. The highest BCUT2D eigenvalue weighted by Crippen LogP contribution is 2.24. The minimum absolute atomic E-state index is 0.165. The summed E-state index contributed by atoms with van der Waals surface area (Å²) in [5.41, 5.74) is 1.38. The number of benzene rings is 2. The van der Waals surface area contributed by atoms with Crippen molar-refractivity contribution in [3.63, 3.8) is 0 Å². The number of amides is 1. The lowest BCUT2D eigenvalue weighted by molar-refractivity contribution is -0.117. The van der Waals surface area contributed by atoms with E-state index in [0.717, 1.165) is 25.9 Å². The number of ketones is 1. The summed E-state index contributed by atoms with van der Waals surface area (Å²) in [7, 11) is 0. The van der Waals surface area contributed by atoms with Crippen LogP contribution < -0.4 is 5.32 Å². The summed E-state index contributed by atoms with van der Waals surface area (Å²) in [5, 5.41) is 12.5. The molecule has 1 aliphatic heterocycles. The Kier molecular flexibility index (Phi) is 6.61. The number of aliphatic hydroxyl groups is 1. The fraction of sp³-hybridized carbons (Fsp3) is 0.333. The van der Waals surface area contributed by atoms with E-state index in [9.17, 15) is 14.7 Å². The van der Waals surface area contributed by atoms with Crippen LogP contribution >= 0.6 is 11.6 Å². The van der Waals surface area contributed by atoms with Crippen molar-refractivity contribution in [3.05, 3.63) is 64.7 Å². The van der Waals surface area contributed by atoms with Gasteiger partial charge in [-0.3, -0.25) is 14.5 Å². The van der Waals surface area contributed by atoms with Gasteiger partial charge in [0.05, 0.1) is 12.2 Å². The predicted octanol–water partition coefficient (Wildman–Crippen LogP) is 3.21. The third kappa shape index (κ3) is 5.16. The first kappa shape index (κ1) is 19.5. The second-order valence-electron chi connectivity index (χ2n) is 6.84. The largest absolute Gasteiger partial charge is 0.396 e. The van der Waals surface area contributed by atoms with Gasteiger partial charge >= 0.3 is 0 Å². The zero-order valence-corrected chi connectivity index (χ0v) is 15.8. The van der Waals surface area contributed by atoms with E-state index < -0.39 is 0 Å². The average Bonchev–Trinajstić information content (AvgIpc) is 2.70. The predicted molar refractivity (Wildman–Crippen MR) is 106 cm³/mol. The SMILES string of the molecule is O=C(CN1CCC(CO)CC1)Nc1ccc(Cl)cc1C(=O)c1ccccc1. The molecule has 6 heteroatoms. The normalized spacial score (nSPS) is 15.5. The Morgan fingerprint density at radius 1 is 1.11 bits per heavy atom. The molecule has 0 radical (unpaired) electrons. The number of carbonyl (C=O) groups is 2. The third-order valence-electron chi connectivity index (χ3n) is 4.87. The van der Waals surface area contributed by atoms with E-state index in [1.54, 1.807) is 42.5 Å². The zero-order chi connectivity index (χ0) is 19.2. The third-order valence-corrected chi connectivity index (χ3v) is 5.10. The number of hydrogen-bond donors (Lipinski definition) is 2. The standard InChI is InChI=1S/C21H23ClN2O3/c22-17-6-7-19(18(12-17)21(27)16-4-2-1-3-5-16)23-20(26)13-24-10-8-15(14-25)9-11-24/h1-7,12,15,25H,8-11,13-14H2,(H,23,26). The van der Waals surface area contributed by atoms with Crippen molar-refractivity contribution >= 4 is 29.0 Å². The van der Waals surface area contributed by atoms with Crippen LogP contribution in [0.4, 0.5) is 5.69 Å². The van der Waals surface area contributed by atoms with Gasteiger partial charge in [-0.25, -0.2) is 0 Å². The van der Waals surface area contributed by atoms with Gasteiger partial charge in [0.1, 0.15) is 0 Å². The summed E-state index contributed by atoms with van der Waals surface area (Å²) in [6, 6.07) is 13.8. The second kappa shape index (κ2) is 9.13. The number of nitrogens with zero attached hydrogens (tertiary/aromatic N) is 1. The van der Waals surface area contributed by atoms with Crippen molar-refractivity contribution < 1.29 is 14.7 Å². The number of piperidine rings is 1. The molecular formula is C21H23ClN2O3. The van der Waals surface area contributed by atoms with Crippen LogP contribution in [0.1, 0.15) is 28.8 Å². The maximum absolute atomic E-state index is 12.8. The lowest BCUT2D eigenvalue weighted by Gasteiger charge is -2.30. The van der Waals surface area contributed by atoms with Crippen LogP contribution in [0, 0.1) is 5.92 Å². The number of aliphatic hydroxyl groups excluding tert-OH is 1. The van der Waals surface area contributed by atoms with E-state index in [1.807, 2.05) is 6.07 Å². The van der Waals surface area contributed by atoms with Gasteiger partial charge in [-0.1, -0.05) is 41.9 Å². The minimum atomic E-state index is -0.183. The molecule has 5 nitrogen and oxygen atoms in total. The van der Waals surface area contributed by atoms with Gasteiger partial charge in [0.2, 0.25) is 5.91 Å². The Labute approximate surface area is 163 Å². The molecule has 3 rings (SSSR count). The van der Waals surface area contributed by atoms with Crippen molar-refractivity contribution in [2.24, 2.45) is 5.92 Å². The summed E-state index contributed by atoms with van der Waals surface area (Å²) in [4.78, 5) is 27.4. The molecule has 2 aromatic rings. The Morgan fingerprint density at radius 3 is 2.48 bits per heavy atom. The number of likely N-dealkylation sites (tertiary alicyclic amines) is 1. The molecule has 1 fully saturated rings. The second-order valence-corrected chi connectivity index (χ2v) is 7.27. The number of rotatable bonds is 6. The first-order valence-electron chi connectivity index (χ1n) is 9.09. The lowest BCUT2D eigenvalue weighted by Crippen LogP contribution is -2.40. The lowest BCUT2D eigenvalue weighted by atomic mass is 9.98. The Bertz CT molecular complexity index is 802. The molecule has 0 aromatic heterocycles. The number of halogens is 1. The van der Waals surface area contributed by atoms with Crippen molar-refractivity contribution in [1.82, 2.24) is 4.90 Å². The molecule has 0 saturated carbocycles. The monoisotopic (exact) mass is 386 g/mol. The first-order chi connectivity index (χ1) is 13.1. The van der Waals surface area contributed by atoms with E-state index >= 15 is 0 Å². The van der Waals surface area contributed by atoms with E-state index in [1.165, 1.54) is 0 Å². The van der Waals surface area contributed by atoms with Crippen molar-refractivity contribution in [3.8, 4) is 0 Å². The van der Waals surface area contributed by atoms with E-state index in [2.05, 4.69) is 10.2 Å². The van der Waals surface area contributed by atoms with Crippen LogP contribution in [0.15, 0.2) is 48.5 Å². The Morgan fingerprint density at radius 2 is 1.81 bits per heavy atom. The highest BCUT2D eigenvalue weighted by Gasteiger charge is 2.21. The minimum Gasteiger partial charge on any atom is -0.396 e. The molecule has 2 N–H and O–H groups in total. The van der Waals surface area contributed by atoms with Crippen LogP contribution in [-0.2, 0) is 4.79 Å². The van der Waals surface area contributed by atoms with Gasteiger partial charge < -0.3 is 10.4 Å². The maximum Gasteiger partial charge on any atom is 0.238 e. The summed E-state index contributed by atoms with van der Waals surface area (Å²) in [6.07, 6.45) is 1.78. The Balaban J connectivity index is 1.70. The van der Waals surface area contributed by atoms with Crippen LogP contribution in [0.25, 0.3) is 0 Å². The molecule has 1 amide bonds. The highest BCUT2D eigenvalue weighted by atomic mass is 35.5. The first-order valence-corrected chi connectivity index (χ1v) is 9.47. The molecule has 2 aromatic carbocycles. The molecule has 0 atom stereocenters. The van der Waals surface area contributed by atoms with Gasteiger partial charge in [0.15, 0.2) is 5.78 Å².